The molecule has 1 aromatic rings. The minimum absolute atomic E-state index is 0.0116. The van der Waals surface area contributed by atoms with Gasteiger partial charge in [-0.15, -0.1) is 0 Å². The minimum Gasteiger partial charge on any atom is -0.393 e. The molecule has 0 unspecified atom stereocenters. The van der Waals surface area contributed by atoms with Crippen LogP contribution >= 0.6 is 0 Å². The molecule has 1 fully saturated rings. The number of aromatic nitrogens is 2. The molecule has 2 heterocycles. The van der Waals surface area contributed by atoms with Crippen LogP contribution in [-0.2, 0) is 7.05 Å². The van der Waals surface area contributed by atoms with Gasteiger partial charge in [0.25, 0.3) is 6.33 Å². The fourth-order valence-electron chi connectivity index (χ4n) is 1.78. The molecule has 0 bridgehead atoms. The van der Waals surface area contributed by atoms with Gasteiger partial charge in [0.1, 0.15) is 12.4 Å². The first kappa shape index (κ1) is 17.6. The highest BCUT2D eigenvalue weighted by Crippen LogP contribution is 2.10. The van der Waals surface area contributed by atoms with Crippen LogP contribution in [-0.4, -0.2) is 39.8 Å². The van der Waals surface area contributed by atoms with E-state index in [0.29, 0.717) is 25.9 Å². The topological polar surface area (TPSA) is 49.3 Å². The standard InChI is InChI=1S/C10H16N3O2.2C2H6/c1-11-6-7-13(8-11)10(15)12-4-2-9(14)3-5-12;2*1-2/h6-9,14H,2-5H2,1H3;2*1-2H3/q+1;;. The van der Waals surface area contributed by atoms with Crippen LogP contribution < -0.4 is 4.57 Å². The van der Waals surface area contributed by atoms with Crippen molar-refractivity contribution >= 4 is 6.03 Å². The summed E-state index contributed by atoms with van der Waals surface area (Å²) in [7, 11) is 1.88. The molecule has 5 nitrogen and oxygen atoms in total. The third-order valence-electron chi connectivity index (χ3n) is 2.72. The van der Waals surface area contributed by atoms with E-state index in [1.54, 1.807) is 22.0 Å². The monoisotopic (exact) mass is 270 g/mol. The van der Waals surface area contributed by atoms with E-state index in [1.165, 1.54) is 0 Å². The van der Waals surface area contributed by atoms with Gasteiger partial charge in [0.15, 0.2) is 0 Å². The third kappa shape index (κ3) is 5.42. The van der Waals surface area contributed by atoms with E-state index in [-0.39, 0.29) is 12.1 Å². The number of carbonyl (C=O) groups excluding carboxylic acids is 1. The van der Waals surface area contributed by atoms with Crippen molar-refractivity contribution in [2.24, 2.45) is 7.05 Å². The molecule has 1 amide bonds. The number of amides is 1. The average molecular weight is 270 g/mol. The average Bonchev–Trinajstić information content (AvgIpc) is 2.90. The van der Waals surface area contributed by atoms with Gasteiger partial charge >= 0.3 is 6.03 Å². The molecule has 110 valence electrons. The lowest BCUT2D eigenvalue weighted by Crippen LogP contribution is -2.42. The highest BCUT2D eigenvalue weighted by Gasteiger charge is 2.25. The lowest BCUT2D eigenvalue weighted by Gasteiger charge is -2.27. The number of carbonyl (C=O) groups is 1. The zero-order valence-electron chi connectivity index (χ0n) is 12.8. The fraction of sp³-hybridized carbons (Fsp3) is 0.714. The third-order valence-corrected chi connectivity index (χ3v) is 2.72. The number of nitrogens with zero attached hydrogens (tertiary/aromatic N) is 3. The summed E-state index contributed by atoms with van der Waals surface area (Å²) in [6.07, 6.45) is 6.44. The Morgan fingerprint density at radius 2 is 1.74 bits per heavy atom. The van der Waals surface area contributed by atoms with Gasteiger partial charge in [-0.2, -0.15) is 4.57 Å². The molecule has 0 atom stereocenters. The maximum Gasteiger partial charge on any atom is 0.415 e. The summed E-state index contributed by atoms with van der Waals surface area (Å²) < 4.78 is 3.40. The fourth-order valence-corrected chi connectivity index (χ4v) is 1.78. The Morgan fingerprint density at radius 3 is 2.16 bits per heavy atom. The number of aliphatic hydroxyl groups excluding tert-OH is 1. The predicted molar refractivity (Wildman–Crippen MR) is 75.9 cm³/mol. The molecule has 1 aromatic heterocycles. The second-order valence-corrected chi connectivity index (χ2v) is 3.99. The van der Waals surface area contributed by atoms with Crippen LogP contribution in [0, 0.1) is 0 Å². The molecular weight excluding hydrogens is 242 g/mol. The predicted octanol–water partition coefficient (Wildman–Crippen LogP) is 1.79. The molecule has 2 rings (SSSR count). The number of likely N-dealkylation sites (tertiary alicyclic amines) is 1. The zero-order chi connectivity index (χ0) is 14.8. The van der Waals surface area contributed by atoms with Crippen molar-refractivity contribution < 1.29 is 14.5 Å². The number of hydrogen-bond acceptors (Lipinski definition) is 2. The Kier molecular flexibility index (Phi) is 8.87. The van der Waals surface area contributed by atoms with E-state index >= 15 is 0 Å². The van der Waals surface area contributed by atoms with Gasteiger partial charge in [0.05, 0.1) is 13.2 Å². The van der Waals surface area contributed by atoms with Crippen molar-refractivity contribution in [3.63, 3.8) is 0 Å². The van der Waals surface area contributed by atoms with Crippen molar-refractivity contribution in [3.05, 3.63) is 18.7 Å². The SMILES string of the molecule is CC.CC.C[n+]1ccn(C(=O)N2CCC(O)CC2)c1. The number of aryl methyl sites for hydroxylation is 1. The summed E-state index contributed by atoms with van der Waals surface area (Å²) in [5.41, 5.74) is 0. The molecule has 0 aromatic carbocycles. The molecule has 0 aliphatic carbocycles. The number of piperidine rings is 1. The molecule has 0 radical (unpaired) electrons. The van der Waals surface area contributed by atoms with Crippen LogP contribution in [0.2, 0.25) is 0 Å². The van der Waals surface area contributed by atoms with Crippen LogP contribution in [0.3, 0.4) is 0 Å². The lowest BCUT2D eigenvalue weighted by atomic mass is 10.1. The van der Waals surface area contributed by atoms with Gasteiger partial charge in [-0.05, 0) is 12.8 Å². The van der Waals surface area contributed by atoms with Crippen molar-refractivity contribution in [3.8, 4) is 0 Å². The first-order chi connectivity index (χ1) is 9.16. The molecule has 1 N–H and O–H groups in total. The molecular formula is C14H28N3O2+. The lowest BCUT2D eigenvalue weighted by molar-refractivity contribution is -0.670. The Bertz CT molecular complexity index is 355. The Balaban J connectivity index is 0.000000741. The molecule has 5 heteroatoms. The zero-order valence-corrected chi connectivity index (χ0v) is 12.8. The maximum atomic E-state index is 11.9. The largest absolute Gasteiger partial charge is 0.415 e. The van der Waals surface area contributed by atoms with Crippen LogP contribution in [0.25, 0.3) is 0 Å². The van der Waals surface area contributed by atoms with Gasteiger partial charge in [0, 0.05) is 13.1 Å². The van der Waals surface area contributed by atoms with Crippen molar-refractivity contribution in [2.45, 2.75) is 46.6 Å². The molecule has 19 heavy (non-hydrogen) atoms. The molecule has 1 aliphatic rings. The summed E-state index contributed by atoms with van der Waals surface area (Å²) in [5, 5.41) is 9.33. The molecule has 1 aliphatic heterocycles. The van der Waals surface area contributed by atoms with Gasteiger partial charge in [-0.25, -0.2) is 9.36 Å². The van der Waals surface area contributed by atoms with E-state index in [0.717, 1.165) is 0 Å². The van der Waals surface area contributed by atoms with E-state index < -0.39 is 0 Å². The van der Waals surface area contributed by atoms with Crippen molar-refractivity contribution in [2.75, 3.05) is 13.1 Å². The molecule has 1 saturated heterocycles. The summed E-state index contributed by atoms with van der Waals surface area (Å²) in [4.78, 5) is 13.7. The number of imidazole rings is 1. The smallest absolute Gasteiger partial charge is 0.393 e. The summed E-state index contributed by atoms with van der Waals surface area (Å²) in [5.74, 6) is 0. The second kappa shape index (κ2) is 9.55. The Hall–Kier alpha value is -1.36. The van der Waals surface area contributed by atoms with Crippen molar-refractivity contribution in [1.82, 2.24) is 9.47 Å². The molecule has 0 saturated carbocycles. The number of hydrogen-bond donors (Lipinski definition) is 1. The van der Waals surface area contributed by atoms with Gasteiger partial charge in [0.2, 0.25) is 0 Å². The highest BCUT2D eigenvalue weighted by molar-refractivity contribution is 5.76. The Labute approximate surface area is 116 Å². The summed E-state index contributed by atoms with van der Waals surface area (Å²) in [6.45, 7) is 9.28. The van der Waals surface area contributed by atoms with E-state index in [1.807, 2.05) is 45.5 Å². The number of aliphatic hydroxyl groups is 1. The second-order valence-electron chi connectivity index (χ2n) is 3.99. The maximum absolute atomic E-state index is 11.9. The summed E-state index contributed by atoms with van der Waals surface area (Å²) >= 11 is 0. The van der Waals surface area contributed by atoms with Crippen LogP contribution in [0.5, 0.6) is 0 Å². The first-order valence-corrected chi connectivity index (χ1v) is 7.17. The minimum atomic E-state index is -0.241. The molecule has 0 spiro atoms. The van der Waals surface area contributed by atoms with E-state index in [9.17, 15) is 9.90 Å². The van der Waals surface area contributed by atoms with Gasteiger partial charge < -0.3 is 10.0 Å². The van der Waals surface area contributed by atoms with Crippen LogP contribution in [0.1, 0.15) is 40.5 Å². The normalized spacial score (nSPS) is 14.9. The Morgan fingerprint density at radius 1 is 1.21 bits per heavy atom. The van der Waals surface area contributed by atoms with Crippen molar-refractivity contribution in [1.29, 1.82) is 0 Å². The van der Waals surface area contributed by atoms with Gasteiger partial charge in [-0.1, -0.05) is 27.7 Å². The van der Waals surface area contributed by atoms with Crippen LogP contribution in [0.15, 0.2) is 18.7 Å². The van der Waals surface area contributed by atoms with Crippen LogP contribution in [0.4, 0.5) is 4.79 Å². The van der Waals surface area contributed by atoms with E-state index in [2.05, 4.69) is 0 Å². The quantitative estimate of drug-likeness (QED) is 0.731. The first-order valence-electron chi connectivity index (χ1n) is 7.17. The highest BCUT2D eigenvalue weighted by atomic mass is 16.3. The number of rotatable bonds is 0. The van der Waals surface area contributed by atoms with E-state index in [4.69, 9.17) is 0 Å². The van der Waals surface area contributed by atoms with Gasteiger partial charge in [-0.3, -0.25) is 0 Å². The summed E-state index contributed by atoms with van der Waals surface area (Å²) in [6, 6.07) is -0.0116.